The summed E-state index contributed by atoms with van der Waals surface area (Å²) in [5.41, 5.74) is 0.0230. The first-order chi connectivity index (χ1) is 18.3. The number of benzene rings is 3. The van der Waals surface area contributed by atoms with E-state index >= 15 is 0 Å². The minimum absolute atomic E-state index is 0.210. The fraction of sp³-hybridized carbons (Fsp3) is 0.345. The van der Waals surface area contributed by atoms with Gasteiger partial charge in [-0.25, -0.2) is 0 Å². The van der Waals surface area contributed by atoms with Crippen molar-refractivity contribution in [2.45, 2.75) is 42.0 Å². The molecule has 3 unspecified atom stereocenters. The zero-order valence-corrected chi connectivity index (χ0v) is 22.3. The number of likely N-dealkylation sites (tertiary alicyclic amines) is 1. The van der Waals surface area contributed by atoms with Crippen molar-refractivity contribution < 1.29 is 24.2 Å². The maximum atomic E-state index is 13.9. The molecule has 8 nitrogen and oxygen atoms in total. The number of aliphatic hydroxyl groups is 1. The average Bonchev–Trinajstić information content (AvgIpc) is 3.52. The van der Waals surface area contributed by atoms with Crippen LogP contribution in [0.2, 0.25) is 0 Å². The fourth-order valence-electron chi connectivity index (χ4n) is 6.45. The van der Waals surface area contributed by atoms with Gasteiger partial charge in [-0.05, 0) is 48.4 Å². The van der Waals surface area contributed by atoms with E-state index in [2.05, 4.69) is 26.6 Å². The lowest BCUT2D eigenvalue weighted by Crippen LogP contribution is -2.56. The third-order valence-corrected chi connectivity index (χ3v) is 8.92. The number of hydrogen-bond donors (Lipinski definition) is 3. The van der Waals surface area contributed by atoms with E-state index in [9.17, 15) is 19.5 Å². The minimum Gasteiger partial charge on any atom is -0.394 e. The van der Waals surface area contributed by atoms with Crippen molar-refractivity contribution in [3.63, 3.8) is 0 Å². The number of hydrogen-bond acceptors (Lipinski definition) is 5. The van der Waals surface area contributed by atoms with Crippen LogP contribution in [0.4, 0.5) is 11.4 Å². The molecule has 3 N–H and O–H groups in total. The molecule has 6 rings (SSSR count). The molecule has 3 saturated heterocycles. The van der Waals surface area contributed by atoms with Gasteiger partial charge >= 0.3 is 0 Å². The van der Waals surface area contributed by atoms with E-state index in [1.165, 1.54) is 4.90 Å². The first-order valence-electron chi connectivity index (χ1n) is 12.7. The smallest absolute Gasteiger partial charge is 0.250 e. The molecule has 2 bridgehead atoms. The molecule has 3 aliphatic heterocycles. The Bertz CT molecular complexity index is 1420. The van der Waals surface area contributed by atoms with E-state index in [0.29, 0.717) is 17.8 Å². The molecule has 0 aromatic heterocycles. The first kappa shape index (κ1) is 25.0. The summed E-state index contributed by atoms with van der Waals surface area (Å²) in [5.74, 6) is -2.70. The highest BCUT2D eigenvalue weighted by atomic mass is 79.9. The van der Waals surface area contributed by atoms with Crippen LogP contribution >= 0.6 is 15.9 Å². The van der Waals surface area contributed by atoms with Crippen molar-refractivity contribution in [3.8, 4) is 0 Å². The lowest BCUT2D eigenvalue weighted by Gasteiger charge is -2.35. The highest BCUT2D eigenvalue weighted by Crippen LogP contribution is 2.60. The second-order valence-electron chi connectivity index (χ2n) is 10.3. The number of alkyl halides is 1. The Kier molecular flexibility index (Phi) is 6.25. The van der Waals surface area contributed by atoms with Gasteiger partial charge in [-0.2, -0.15) is 0 Å². The Morgan fingerprint density at radius 2 is 1.71 bits per heavy atom. The van der Waals surface area contributed by atoms with Gasteiger partial charge in [-0.15, -0.1) is 0 Å². The fourth-order valence-corrected chi connectivity index (χ4v) is 7.40. The molecule has 0 radical (unpaired) electrons. The number of carbonyl (C=O) groups excluding carboxylic acids is 3. The molecule has 3 heterocycles. The van der Waals surface area contributed by atoms with Gasteiger partial charge in [0.1, 0.15) is 11.6 Å². The molecule has 1 spiro atoms. The number of carbonyl (C=O) groups is 3. The predicted molar refractivity (Wildman–Crippen MR) is 147 cm³/mol. The van der Waals surface area contributed by atoms with Gasteiger partial charge in [0.2, 0.25) is 17.7 Å². The van der Waals surface area contributed by atoms with Crippen LogP contribution in [0.1, 0.15) is 13.3 Å². The van der Waals surface area contributed by atoms with Gasteiger partial charge in [-0.1, -0.05) is 64.5 Å². The van der Waals surface area contributed by atoms with E-state index < -0.39 is 41.5 Å². The van der Waals surface area contributed by atoms with Crippen LogP contribution in [0.15, 0.2) is 72.8 Å². The molecule has 0 saturated carbocycles. The van der Waals surface area contributed by atoms with Gasteiger partial charge in [0.25, 0.3) is 0 Å². The van der Waals surface area contributed by atoms with Crippen LogP contribution in [0, 0.1) is 11.8 Å². The number of rotatable bonds is 6. The minimum atomic E-state index is -1.20. The summed E-state index contributed by atoms with van der Waals surface area (Å²) in [5, 5.41) is 17.9. The summed E-state index contributed by atoms with van der Waals surface area (Å²) in [4.78, 5) is 42.6. The summed E-state index contributed by atoms with van der Waals surface area (Å²) in [6.45, 7) is 1.37. The van der Waals surface area contributed by atoms with Gasteiger partial charge in [0.15, 0.2) is 0 Å². The molecular formula is C29H28BrN3O5. The first-order valence-corrected chi connectivity index (χ1v) is 13.7. The van der Waals surface area contributed by atoms with Crippen LogP contribution < -0.4 is 10.6 Å². The number of para-hydroxylation sites is 1. The van der Waals surface area contributed by atoms with E-state index in [1.807, 2.05) is 60.7 Å². The van der Waals surface area contributed by atoms with E-state index in [-0.39, 0.29) is 23.2 Å². The zero-order chi connectivity index (χ0) is 26.6. The van der Waals surface area contributed by atoms with Gasteiger partial charge in [-0.3, -0.25) is 14.4 Å². The normalized spacial score (nSPS) is 30.3. The number of nitrogens with one attached hydrogen (secondary N) is 2. The van der Waals surface area contributed by atoms with E-state index in [0.717, 1.165) is 10.8 Å². The Morgan fingerprint density at radius 3 is 2.45 bits per heavy atom. The van der Waals surface area contributed by atoms with Crippen molar-refractivity contribution in [3.05, 3.63) is 72.8 Å². The summed E-state index contributed by atoms with van der Waals surface area (Å²) < 4.78 is 6.49. The summed E-state index contributed by atoms with van der Waals surface area (Å²) in [6.07, 6.45) is -0.164. The Hall–Kier alpha value is -3.27. The quantitative estimate of drug-likeness (QED) is 0.388. The molecular weight excluding hydrogens is 550 g/mol. The van der Waals surface area contributed by atoms with Gasteiger partial charge in [0.05, 0.1) is 30.6 Å². The van der Waals surface area contributed by atoms with Gasteiger partial charge < -0.3 is 25.4 Å². The molecule has 3 aromatic carbocycles. The topological polar surface area (TPSA) is 108 Å². The van der Waals surface area contributed by atoms with Crippen LogP contribution in [0.5, 0.6) is 0 Å². The second-order valence-corrected chi connectivity index (χ2v) is 11.5. The number of aliphatic hydroxyl groups excluding tert-OH is 1. The van der Waals surface area contributed by atoms with Crippen molar-refractivity contribution in [2.75, 3.05) is 17.2 Å². The third-order valence-electron chi connectivity index (χ3n) is 8.08. The number of anilines is 2. The number of nitrogens with zero attached hydrogens (tertiary/aromatic N) is 1. The van der Waals surface area contributed by atoms with Gasteiger partial charge in [0, 0.05) is 16.2 Å². The molecule has 3 amide bonds. The second kappa shape index (κ2) is 9.48. The molecule has 7 atom stereocenters. The largest absolute Gasteiger partial charge is 0.394 e. The standard InChI is InChI=1S/C29H28BrN3O5/c1-16(15-34)33-25(27(36)32-20-12-11-17-7-5-6-8-18(17)13-20)29-14-21(30)24(38-29)22(23(29)28(33)37)26(35)31-19-9-3-2-4-10-19/h2-13,16,21-25,34H,14-15H2,1H3,(H,31,35)(H,32,36)/t16-,21?,22+,23+,24+,25?,29?/m1/s1. The van der Waals surface area contributed by atoms with Crippen LogP contribution in [-0.2, 0) is 19.1 Å². The summed E-state index contributed by atoms with van der Waals surface area (Å²) in [7, 11) is 0. The molecule has 3 fully saturated rings. The zero-order valence-electron chi connectivity index (χ0n) is 20.7. The van der Waals surface area contributed by atoms with Crippen molar-refractivity contribution in [1.82, 2.24) is 4.90 Å². The van der Waals surface area contributed by atoms with E-state index in [1.54, 1.807) is 19.1 Å². The lowest BCUT2D eigenvalue weighted by atomic mass is 9.70. The molecule has 9 heteroatoms. The highest BCUT2D eigenvalue weighted by molar-refractivity contribution is 9.09. The van der Waals surface area contributed by atoms with Crippen LogP contribution in [0.3, 0.4) is 0 Å². The van der Waals surface area contributed by atoms with Crippen LogP contribution in [-0.4, -0.2) is 63.0 Å². The third kappa shape index (κ3) is 3.83. The molecule has 3 aliphatic rings. The van der Waals surface area contributed by atoms with Crippen molar-refractivity contribution >= 4 is 55.8 Å². The maximum Gasteiger partial charge on any atom is 0.250 e. The Balaban J connectivity index is 1.35. The SMILES string of the molecule is C[C@H](CO)N1C(=O)[C@@H]2[C@H](C(=O)Nc3ccccc3)[C@H]3OC2(CC3Br)C1C(=O)Nc1ccc2ccccc2c1. The van der Waals surface area contributed by atoms with E-state index in [4.69, 9.17) is 4.74 Å². The predicted octanol–water partition coefficient (Wildman–Crippen LogP) is 3.55. The van der Waals surface area contributed by atoms with Crippen molar-refractivity contribution in [1.29, 1.82) is 0 Å². The number of amides is 3. The molecule has 196 valence electrons. The molecule has 38 heavy (non-hydrogen) atoms. The summed E-state index contributed by atoms with van der Waals surface area (Å²) in [6, 6.07) is 20.9. The number of halogens is 1. The Labute approximate surface area is 228 Å². The number of ether oxygens (including phenoxy) is 1. The maximum absolute atomic E-state index is 13.9. The van der Waals surface area contributed by atoms with Crippen molar-refractivity contribution in [2.24, 2.45) is 11.8 Å². The molecule has 3 aromatic rings. The molecule has 0 aliphatic carbocycles. The summed E-state index contributed by atoms with van der Waals surface area (Å²) >= 11 is 3.67. The number of fused-ring (bicyclic) bond motifs is 2. The average molecular weight is 578 g/mol. The monoisotopic (exact) mass is 577 g/mol. The Morgan fingerprint density at radius 1 is 1.03 bits per heavy atom. The van der Waals surface area contributed by atoms with Crippen LogP contribution in [0.25, 0.3) is 10.8 Å². The lowest BCUT2D eigenvalue weighted by molar-refractivity contribution is -0.142. The highest BCUT2D eigenvalue weighted by Gasteiger charge is 2.76.